The molecule has 1 atom stereocenters. The summed E-state index contributed by atoms with van der Waals surface area (Å²) >= 11 is 0. The molecule has 1 aliphatic rings. The van der Waals surface area contributed by atoms with E-state index in [9.17, 15) is 0 Å². The van der Waals surface area contributed by atoms with Crippen LogP contribution in [0.25, 0.3) is 0 Å². The predicted molar refractivity (Wildman–Crippen MR) is 116 cm³/mol. The van der Waals surface area contributed by atoms with Gasteiger partial charge in [-0.25, -0.2) is 0 Å². The molecule has 1 unspecified atom stereocenters. The van der Waals surface area contributed by atoms with Gasteiger partial charge in [0.2, 0.25) is 0 Å². The number of likely N-dealkylation sites (N-methyl/N-ethyl adjacent to an activating group) is 1. The number of benzene rings is 2. The molecule has 2 aromatic rings. The number of nitrogens with zero attached hydrogens (tertiary/aromatic N) is 1. The molecule has 0 saturated carbocycles. The first-order valence-electron chi connectivity index (χ1n) is 7.91. The summed E-state index contributed by atoms with van der Waals surface area (Å²) in [5, 5.41) is 8.81. The van der Waals surface area contributed by atoms with Crippen molar-refractivity contribution in [3.8, 4) is 5.75 Å². The fourth-order valence-corrected chi connectivity index (χ4v) is 2.33. The molecule has 3 rings (SSSR count). The van der Waals surface area contributed by atoms with E-state index < -0.39 is 0 Å². The number of hydrogen-bond acceptors (Lipinski definition) is 2. The minimum atomic E-state index is 0. The zero-order valence-corrected chi connectivity index (χ0v) is 20.4. The zero-order chi connectivity index (χ0) is 17.2. The van der Waals surface area contributed by atoms with Gasteiger partial charge in [0, 0.05) is 31.2 Å². The van der Waals surface area contributed by atoms with Gasteiger partial charge in [-0.1, -0.05) is 37.7 Å². The van der Waals surface area contributed by atoms with Crippen LogP contribution in [-0.4, -0.2) is 39.7 Å². The number of phenols is 1. The Morgan fingerprint density at radius 1 is 1.04 bits per heavy atom. The van der Waals surface area contributed by atoms with Crippen LogP contribution in [0.4, 0.5) is 0 Å². The molecule has 0 aromatic heterocycles. The monoisotopic (exact) mass is 446 g/mol. The third kappa shape index (κ3) is 11.3. The van der Waals surface area contributed by atoms with E-state index in [4.69, 9.17) is 5.11 Å². The molecule has 0 spiro atoms. The van der Waals surface area contributed by atoms with Gasteiger partial charge in [0.15, 0.2) is 0 Å². The SMILES string of the molecule is CN(C)C1[CH-]c2ccccc2C1.C[Si]C.Cc1cccc(O)c1.Cl.Cl.[Ti]. The molecule has 2 radical (unpaired) electrons. The van der Waals surface area contributed by atoms with Crippen LogP contribution in [0.5, 0.6) is 5.75 Å². The van der Waals surface area contributed by atoms with Crippen molar-refractivity contribution in [3.05, 3.63) is 71.6 Å². The van der Waals surface area contributed by atoms with Crippen molar-refractivity contribution < 1.29 is 26.8 Å². The Morgan fingerprint density at radius 3 is 2.04 bits per heavy atom. The van der Waals surface area contributed by atoms with E-state index in [1.54, 1.807) is 12.1 Å². The molecule has 0 bridgehead atoms. The molecular weight excluding hydrogens is 417 g/mol. The Kier molecular flexibility index (Phi) is 19.5. The van der Waals surface area contributed by atoms with Crippen LogP contribution in [0.3, 0.4) is 0 Å². The Balaban J connectivity index is -0.000000336. The first-order valence-corrected chi connectivity index (χ1v) is 9.91. The predicted octanol–water partition coefficient (Wildman–Crippen LogP) is 5.05. The fourth-order valence-electron chi connectivity index (χ4n) is 2.33. The van der Waals surface area contributed by atoms with Crippen LogP contribution in [0, 0.1) is 13.3 Å². The Hall–Kier alpha value is -0.419. The molecule has 26 heavy (non-hydrogen) atoms. The van der Waals surface area contributed by atoms with E-state index in [0.717, 1.165) is 15.1 Å². The molecule has 1 N–H and O–H groups in total. The van der Waals surface area contributed by atoms with Crippen molar-refractivity contribution in [2.24, 2.45) is 0 Å². The van der Waals surface area contributed by atoms with Gasteiger partial charge in [-0.2, -0.15) is 18.1 Å². The third-order valence-electron chi connectivity index (χ3n) is 3.52. The van der Waals surface area contributed by atoms with Crippen LogP contribution in [-0.2, 0) is 28.1 Å². The maximum Gasteiger partial charge on any atom is 0.115 e. The second-order valence-corrected chi connectivity index (χ2v) is 6.94. The summed E-state index contributed by atoms with van der Waals surface area (Å²) in [7, 11) is 5.35. The average Bonchev–Trinajstić information content (AvgIpc) is 2.93. The van der Waals surface area contributed by atoms with Gasteiger partial charge in [-0.3, -0.25) is 0 Å². The molecule has 2 aromatic carbocycles. The maximum absolute atomic E-state index is 8.81. The summed E-state index contributed by atoms with van der Waals surface area (Å²) in [6, 6.07) is 16.4. The molecule has 0 saturated heterocycles. The van der Waals surface area contributed by atoms with Crippen LogP contribution in [0.1, 0.15) is 16.7 Å². The Morgan fingerprint density at radius 2 is 1.62 bits per heavy atom. The number of phenolic OH excluding ortho intramolecular Hbond substituents is 1. The number of halogens is 2. The molecule has 2 nitrogen and oxygen atoms in total. The van der Waals surface area contributed by atoms with Crippen molar-refractivity contribution in [2.75, 3.05) is 14.1 Å². The maximum atomic E-state index is 8.81. The van der Waals surface area contributed by atoms with Gasteiger partial charge in [0.05, 0.1) is 0 Å². The molecular formula is C20H30Cl2NOSiTi-. The third-order valence-corrected chi connectivity index (χ3v) is 3.52. The summed E-state index contributed by atoms with van der Waals surface area (Å²) < 4.78 is 0. The van der Waals surface area contributed by atoms with Gasteiger partial charge >= 0.3 is 0 Å². The van der Waals surface area contributed by atoms with Crippen LogP contribution < -0.4 is 0 Å². The summed E-state index contributed by atoms with van der Waals surface area (Å²) in [6.45, 7) is 6.25. The number of aromatic hydroxyl groups is 1. The summed E-state index contributed by atoms with van der Waals surface area (Å²) in [6.07, 6.45) is 3.51. The first-order chi connectivity index (χ1) is 11.0. The molecule has 0 aliphatic heterocycles. The Bertz CT molecular complexity index is 557. The van der Waals surface area contributed by atoms with Crippen LogP contribution in [0.2, 0.25) is 13.1 Å². The van der Waals surface area contributed by atoms with Gasteiger partial charge in [0.1, 0.15) is 5.75 Å². The van der Waals surface area contributed by atoms with E-state index in [2.05, 4.69) is 62.8 Å². The first kappa shape index (κ1) is 30.3. The van der Waals surface area contributed by atoms with Crippen molar-refractivity contribution in [2.45, 2.75) is 32.5 Å². The molecule has 0 heterocycles. The summed E-state index contributed by atoms with van der Waals surface area (Å²) in [5.41, 5.74) is 3.98. The standard InChI is InChI=1S/C11H14N.C7H8O.C2H6Si.2ClH.Ti/c1-12(2)11-7-9-5-3-4-6-10(9)8-11;1-6-3-2-4-7(8)5-6;1-3-2;;;/h3-7,11H,8H2,1-2H3;2-5,8H,1H3;1-2H3;2*1H;/q-1;;;;;. The van der Waals surface area contributed by atoms with Crippen molar-refractivity contribution >= 4 is 34.3 Å². The summed E-state index contributed by atoms with van der Waals surface area (Å²) in [4.78, 5) is 2.26. The largest absolute Gasteiger partial charge is 0.508 e. The van der Waals surface area contributed by atoms with Gasteiger partial charge in [0.25, 0.3) is 0 Å². The van der Waals surface area contributed by atoms with E-state index in [1.165, 1.54) is 17.5 Å². The van der Waals surface area contributed by atoms with Crippen molar-refractivity contribution in [1.29, 1.82) is 0 Å². The van der Waals surface area contributed by atoms with E-state index in [0.29, 0.717) is 11.8 Å². The number of fused-ring (bicyclic) bond motifs is 1. The van der Waals surface area contributed by atoms with E-state index in [1.807, 2.05) is 19.1 Å². The van der Waals surface area contributed by atoms with Crippen molar-refractivity contribution in [3.63, 3.8) is 0 Å². The van der Waals surface area contributed by atoms with E-state index in [-0.39, 0.29) is 46.5 Å². The molecule has 144 valence electrons. The molecule has 0 amide bonds. The average molecular weight is 447 g/mol. The summed E-state index contributed by atoms with van der Waals surface area (Å²) in [5.74, 6) is 0.338. The smallest absolute Gasteiger partial charge is 0.115 e. The van der Waals surface area contributed by atoms with E-state index >= 15 is 0 Å². The minimum Gasteiger partial charge on any atom is -0.508 e. The molecule has 0 fully saturated rings. The molecule has 1 aliphatic carbocycles. The van der Waals surface area contributed by atoms with Gasteiger partial charge < -0.3 is 10.0 Å². The van der Waals surface area contributed by atoms with Crippen molar-refractivity contribution in [1.82, 2.24) is 4.90 Å². The number of rotatable bonds is 1. The topological polar surface area (TPSA) is 23.5 Å². The zero-order valence-electron chi connectivity index (χ0n) is 16.2. The fraction of sp³-hybridized carbons (Fsp3) is 0.350. The molecule has 6 heteroatoms. The van der Waals surface area contributed by atoms with Gasteiger partial charge in [-0.15, -0.1) is 42.5 Å². The van der Waals surface area contributed by atoms with Gasteiger partial charge in [-0.05, 0) is 44.8 Å². The Labute approximate surface area is 189 Å². The minimum absolute atomic E-state index is 0. The second-order valence-electron chi connectivity index (χ2n) is 5.94. The number of hydrogen-bond donors (Lipinski definition) is 1. The second kappa shape index (κ2) is 16.7. The number of aryl methyl sites for hydroxylation is 1. The van der Waals surface area contributed by atoms with Crippen LogP contribution >= 0.6 is 24.8 Å². The normalized spacial score (nSPS) is 13.1. The quantitative estimate of drug-likeness (QED) is 0.489. The van der Waals surface area contributed by atoms with Crippen LogP contribution in [0.15, 0.2) is 48.5 Å².